The molecule has 0 aliphatic heterocycles. The van der Waals surface area contributed by atoms with E-state index >= 15 is 0 Å². The number of anilines is 1. The van der Waals surface area contributed by atoms with E-state index in [-0.39, 0.29) is 11.7 Å². The minimum absolute atomic E-state index is 0.230. The van der Waals surface area contributed by atoms with Crippen molar-refractivity contribution in [3.05, 3.63) is 64.7 Å². The van der Waals surface area contributed by atoms with Crippen LogP contribution in [0.4, 0.5) is 5.69 Å². The summed E-state index contributed by atoms with van der Waals surface area (Å²) < 4.78 is 11.0. The molecule has 0 saturated heterocycles. The van der Waals surface area contributed by atoms with Gasteiger partial charge in [0.2, 0.25) is 0 Å². The molecule has 4 rings (SSSR count). The number of furan rings is 1. The van der Waals surface area contributed by atoms with Crippen LogP contribution >= 0.6 is 11.3 Å². The molecule has 6 heteroatoms. The van der Waals surface area contributed by atoms with Gasteiger partial charge in [-0.05, 0) is 25.1 Å². The van der Waals surface area contributed by atoms with Crippen LogP contribution in [0.2, 0.25) is 0 Å². The molecule has 0 aliphatic rings. The zero-order valence-electron chi connectivity index (χ0n) is 14.3. The predicted molar refractivity (Wildman–Crippen MR) is 103 cm³/mol. The van der Waals surface area contributed by atoms with Crippen LogP contribution in [0.5, 0.6) is 5.75 Å². The number of ether oxygens (including phenoxy) is 1. The van der Waals surface area contributed by atoms with Crippen molar-refractivity contribution < 1.29 is 13.9 Å². The van der Waals surface area contributed by atoms with Gasteiger partial charge in [-0.3, -0.25) is 4.79 Å². The average molecular weight is 364 g/mol. The molecule has 4 aromatic rings. The van der Waals surface area contributed by atoms with E-state index in [4.69, 9.17) is 9.15 Å². The van der Waals surface area contributed by atoms with Crippen LogP contribution in [-0.2, 0) is 0 Å². The van der Waals surface area contributed by atoms with E-state index in [0.29, 0.717) is 17.0 Å². The Balaban J connectivity index is 1.67. The van der Waals surface area contributed by atoms with Gasteiger partial charge in [0.05, 0.1) is 23.5 Å². The van der Waals surface area contributed by atoms with Gasteiger partial charge in [-0.2, -0.15) is 0 Å². The molecule has 0 radical (unpaired) electrons. The smallest absolute Gasteiger partial charge is 0.291 e. The molecule has 130 valence electrons. The summed E-state index contributed by atoms with van der Waals surface area (Å²) >= 11 is 1.57. The maximum atomic E-state index is 12.7. The van der Waals surface area contributed by atoms with Crippen molar-refractivity contribution in [3.8, 4) is 17.0 Å². The van der Waals surface area contributed by atoms with Crippen molar-refractivity contribution >= 4 is 33.9 Å². The summed E-state index contributed by atoms with van der Waals surface area (Å²) in [7, 11) is 1.57. The molecule has 0 unspecified atom stereocenters. The number of hydrogen-bond donors (Lipinski definition) is 1. The van der Waals surface area contributed by atoms with Crippen molar-refractivity contribution in [2.24, 2.45) is 0 Å². The summed E-state index contributed by atoms with van der Waals surface area (Å²) in [6.45, 7) is 1.96. The second-order valence-electron chi connectivity index (χ2n) is 5.74. The minimum Gasteiger partial charge on any atom is -0.493 e. The van der Waals surface area contributed by atoms with E-state index in [1.807, 2.05) is 48.7 Å². The lowest BCUT2D eigenvalue weighted by Crippen LogP contribution is -2.11. The molecule has 26 heavy (non-hydrogen) atoms. The van der Waals surface area contributed by atoms with Crippen LogP contribution in [-0.4, -0.2) is 18.0 Å². The van der Waals surface area contributed by atoms with Gasteiger partial charge in [0.15, 0.2) is 17.1 Å². The van der Waals surface area contributed by atoms with Crippen molar-refractivity contribution in [1.29, 1.82) is 0 Å². The van der Waals surface area contributed by atoms with E-state index < -0.39 is 0 Å². The fraction of sp³-hybridized carbons (Fsp3) is 0.100. The maximum Gasteiger partial charge on any atom is 0.291 e. The molecular formula is C20H16N2O3S. The Hall–Kier alpha value is -3.12. The monoisotopic (exact) mass is 364 g/mol. The molecule has 2 aromatic carbocycles. The third kappa shape index (κ3) is 2.95. The summed E-state index contributed by atoms with van der Waals surface area (Å²) in [4.78, 5) is 17.2. The number of carbonyl (C=O) groups is 1. The van der Waals surface area contributed by atoms with Gasteiger partial charge >= 0.3 is 0 Å². The molecule has 0 spiro atoms. The van der Waals surface area contributed by atoms with Gasteiger partial charge in [0, 0.05) is 16.3 Å². The van der Waals surface area contributed by atoms with Crippen LogP contribution < -0.4 is 10.1 Å². The fourth-order valence-corrected chi connectivity index (χ4v) is 3.41. The Bertz CT molecular complexity index is 1100. The molecule has 0 aliphatic carbocycles. The first kappa shape index (κ1) is 16.4. The standard InChI is InChI=1S/C20H16N2O3S/c1-12-21-16(11-26-12)14-7-3-4-8-15(14)22-20(23)18-10-13-6-5-9-17(24-2)19(13)25-18/h3-11H,1-2H3,(H,22,23). The van der Waals surface area contributed by atoms with E-state index in [2.05, 4.69) is 10.3 Å². The number of fused-ring (bicyclic) bond motifs is 1. The SMILES string of the molecule is COc1cccc2cc(C(=O)Nc3ccccc3-c3csc(C)n3)oc12. The lowest BCUT2D eigenvalue weighted by molar-refractivity contribution is 0.0998. The highest BCUT2D eigenvalue weighted by Crippen LogP contribution is 2.31. The summed E-state index contributed by atoms with van der Waals surface area (Å²) in [5.41, 5.74) is 2.97. The third-order valence-electron chi connectivity index (χ3n) is 4.02. The quantitative estimate of drug-likeness (QED) is 0.545. The van der Waals surface area contributed by atoms with E-state index in [0.717, 1.165) is 21.7 Å². The molecule has 1 N–H and O–H groups in total. The van der Waals surface area contributed by atoms with Crippen LogP contribution in [0.15, 0.2) is 58.3 Å². The number of methoxy groups -OCH3 is 1. The number of thiazole rings is 1. The topological polar surface area (TPSA) is 64.4 Å². The van der Waals surface area contributed by atoms with Gasteiger partial charge in [-0.1, -0.05) is 30.3 Å². The lowest BCUT2D eigenvalue weighted by Gasteiger charge is -2.08. The molecule has 1 amide bonds. The van der Waals surface area contributed by atoms with Gasteiger partial charge in [-0.15, -0.1) is 11.3 Å². The highest BCUT2D eigenvalue weighted by atomic mass is 32.1. The number of carbonyl (C=O) groups excluding carboxylic acids is 1. The molecule has 0 atom stereocenters. The number of aryl methyl sites for hydroxylation is 1. The number of nitrogens with one attached hydrogen (secondary N) is 1. The Kier molecular flexibility index (Phi) is 4.18. The fourth-order valence-electron chi connectivity index (χ4n) is 2.80. The zero-order chi connectivity index (χ0) is 18.1. The van der Waals surface area contributed by atoms with Crippen LogP contribution in [0.3, 0.4) is 0 Å². The highest BCUT2D eigenvalue weighted by molar-refractivity contribution is 7.09. The Morgan fingerprint density at radius 1 is 1.19 bits per heavy atom. The summed E-state index contributed by atoms with van der Waals surface area (Å²) in [6, 6.07) is 14.8. The largest absolute Gasteiger partial charge is 0.493 e. The minimum atomic E-state index is -0.317. The molecule has 0 fully saturated rings. The van der Waals surface area contributed by atoms with Crippen molar-refractivity contribution in [1.82, 2.24) is 4.98 Å². The predicted octanol–water partition coefficient (Wildman–Crippen LogP) is 5.13. The van der Waals surface area contributed by atoms with E-state index in [1.165, 1.54) is 0 Å². The molecule has 0 saturated carbocycles. The normalized spacial score (nSPS) is 10.8. The van der Waals surface area contributed by atoms with Gasteiger partial charge in [0.25, 0.3) is 5.91 Å². The van der Waals surface area contributed by atoms with E-state index in [9.17, 15) is 4.79 Å². The van der Waals surface area contributed by atoms with Gasteiger partial charge in [0.1, 0.15) is 0 Å². The molecule has 0 bridgehead atoms. The number of nitrogens with zero attached hydrogens (tertiary/aromatic N) is 1. The molecule has 2 heterocycles. The second kappa shape index (κ2) is 6.65. The maximum absolute atomic E-state index is 12.7. The number of hydrogen-bond acceptors (Lipinski definition) is 5. The van der Waals surface area contributed by atoms with Crippen LogP contribution in [0.1, 0.15) is 15.6 Å². The first-order valence-electron chi connectivity index (χ1n) is 8.05. The number of benzene rings is 2. The van der Waals surface area contributed by atoms with Crippen molar-refractivity contribution in [2.75, 3.05) is 12.4 Å². The summed E-state index contributed by atoms with van der Waals surface area (Å²) in [5.74, 6) is 0.510. The van der Waals surface area contributed by atoms with Crippen LogP contribution in [0.25, 0.3) is 22.2 Å². The number of rotatable bonds is 4. The molecular weight excluding hydrogens is 348 g/mol. The van der Waals surface area contributed by atoms with E-state index in [1.54, 1.807) is 30.6 Å². The summed E-state index contributed by atoms with van der Waals surface area (Å²) in [6.07, 6.45) is 0. The van der Waals surface area contributed by atoms with Crippen molar-refractivity contribution in [3.63, 3.8) is 0 Å². The second-order valence-corrected chi connectivity index (χ2v) is 6.80. The summed E-state index contributed by atoms with van der Waals surface area (Å²) in [5, 5.41) is 6.70. The highest BCUT2D eigenvalue weighted by Gasteiger charge is 2.17. The lowest BCUT2D eigenvalue weighted by atomic mass is 10.1. The van der Waals surface area contributed by atoms with Crippen LogP contribution in [0, 0.1) is 6.92 Å². The Labute approximate surface area is 154 Å². The Morgan fingerprint density at radius 2 is 2.04 bits per heavy atom. The first-order valence-corrected chi connectivity index (χ1v) is 8.93. The first-order chi connectivity index (χ1) is 12.7. The van der Waals surface area contributed by atoms with Gasteiger partial charge in [-0.25, -0.2) is 4.98 Å². The Morgan fingerprint density at radius 3 is 2.81 bits per heavy atom. The zero-order valence-corrected chi connectivity index (χ0v) is 15.1. The average Bonchev–Trinajstić information content (AvgIpc) is 3.28. The molecule has 5 nitrogen and oxygen atoms in total. The van der Waals surface area contributed by atoms with Gasteiger partial charge < -0.3 is 14.5 Å². The molecule has 2 aromatic heterocycles. The van der Waals surface area contributed by atoms with Crippen molar-refractivity contribution in [2.45, 2.75) is 6.92 Å². The number of para-hydroxylation sites is 2. The number of aromatic nitrogens is 1. The number of amides is 1. The third-order valence-corrected chi connectivity index (χ3v) is 4.80.